The van der Waals surface area contributed by atoms with Gasteiger partial charge in [0.15, 0.2) is 0 Å². The van der Waals surface area contributed by atoms with E-state index in [9.17, 15) is 0 Å². The molecule has 84 valence electrons. The van der Waals surface area contributed by atoms with Crippen molar-refractivity contribution in [2.45, 2.75) is 52.9 Å². The molecule has 1 fully saturated rings. The molecule has 0 aromatic carbocycles. The lowest BCUT2D eigenvalue weighted by Crippen LogP contribution is -2.33. The highest BCUT2D eigenvalue weighted by atomic mass is 14.5. The highest BCUT2D eigenvalue weighted by molar-refractivity contribution is 5.17. The highest BCUT2D eigenvalue weighted by Gasteiger charge is 2.47. The van der Waals surface area contributed by atoms with E-state index in [4.69, 9.17) is 0 Å². The van der Waals surface area contributed by atoms with Gasteiger partial charge in [-0.25, -0.2) is 0 Å². The molecule has 0 aromatic rings. The molecule has 0 bridgehead atoms. The first kappa shape index (κ1) is 11.0. The van der Waals surface area contributed by atoms with E-state index in [1.165, 1.54) is 37.7 Å². The first-order valence-electron chi connectivity index (χ1n) is 6.37. The summed E-state index contributed by atoms with van der Waals surface area (Å²) in [5, 5.41) is 0. The topological polar surface area (TPSA) is 0 Å². The summed E-state index contributed by atoms with van der Waals surface area (Å²) in [7, 11) is 0. The Bertz CT molecular complexity index is 297. The molecular weight excluding hydrogens is 180 g/mol. The molecule has 0 saturated heterocycles. The Morgan fingerprint density at radius 2 is 2.20 bits per heavy atom. The zero-order valence-corrected chi connectivity index (χ0v) is 10.5. The van der Waals surface area contributed by atoms with Crippen LogP contribution in [0.25, 0.3) is 0 Å². The van der Waals surface area contributed by atoms with E-state index in [0.717, 1.165) is 11.8 Å². The third-order valence-electron chi connectivity index (χ3n) is 4.97. The van der Waals surface area contributed by atoms with Crippen LogP contribution in [0.4, 0.5) is 0 Å². The third-order valence-corrected chi connectivity index (χ3v) is 4.97. The number of hydrogen-bond acceptors (Lipinski definition) is 0. The minimum Gasteiger partial charge on any atom is -0.0998 e. The molecule has 2 aliphatic rings. The van der Waals surface area contributed by atoms with Crippen LogP contribution in [0.5, 0.6) is 0 Å². The molecule has 3 unspecified atom stereocenters. The monoisotopic (exact) mass is 204 g/mol. The zero-order chi connectivity index (χ0) is 11.1. The SMILES string of the molecule is C=C(C)C1CCC(C)C12CC=C(C)CC2. The maximum absolute atomic E-state index is 4.22. The summed E-state index contributed by atoms with van der Waals surface area (Å²) in [4.78, 5) is 0. The van der Waals surface area contributed by atoms with Crippen molar-refractivity contribution in [3.05, 3.63) is 23.8 Å². The van der Waals surface area contributed by atoms with Crippen molar-refractivity contribution in [2.24, 2.45) is 17.3 Å². The van der Waals surface area contributed by atoms with E-state index in [2.05, 4.69) is 33.4 Å². The molecule has 3 atom stereocenters. The normalized spacial score (nSPS) is 40.6. The lowest BCUT2D eigenvalue weighted by Gasteiger charge is -2.42. The van der Waals surface area contributed by atoms with E-state index in [-0.39, 0.29) is 0 Å². The van der Waals surface area contributed by atoms with E-state index in [1.54, 1.807) is 5.57 Å². The summed E-state index contributed by atoms with van der Waals surface area (Å²) >= 11 is 0. The van der Waals surface area contributed by atoms with Gasteiger partial charge in [-0.2, -0.15) is 0 Å². The van der Waals surface area contributed by atoms with Crippen molar-refractivity contribution in [2.75, 3.05) is 0 Å². The summed E-state index contributed by atoms with van der Waals surface area (Å²) in [6.45, 7) is 11.2. The maximum Gasteiger partial charge on any atom is -0.0146 e. The van der Waals surface area contributed by atoms with Gasteiger partial charge in [-0.3, -0.25) is 0 Å². The Kier molecular flexibility index (Phi) is 2.79. The van der Waals surface area contributed by atoms with Crippen molar-refractivity contribution in [1.29, 1.82) is 0 Å². The van der Waals surface area contributed by atoms with Gasteiger partial charge in [0.05, 0.1) is 0 Å². The van der Waals surface area contributed by atoms with Gasteiger partial charge in [-0.15, -0.1) is 0 Å². The van der Waals surface area contributed by atoms with Crippen LogP contribution in [0.2, 0.25) is 0 Å². The van der Waals surface area contributed by atoms with Gasteiger partial charge in [0.2, 0.25) is 0 Å². The second kappa shape index (κ2) is 3.81. The smallest absolute Gasteiger partial charge is 0.0146 e. The van der Waals surface area contributed by atoms with Gasteiger partial charge < -0.3 is 0 Å². The summed E-state index contributed by atoms with van der Waals surface area (Å²) in [6.07, 6.45) is 9.29. The van der Waals surface area contributed by atoms with E-state index in [0.29, 0.717) is 5.41 Å². The Labute approximate surface area is 94.5 Å². The molecule has 1 spiro atoms. The standard InChI is InChI=1S/C15H24/c1-11(2)14-6-5-13(4)15(14)9-7-12(3)8-10-15/h7,13-14H,1,5-6,8-10H2,2-4H3. The van der Waals surface area contributed by atoms with Crippen molar-refractivity contribution < 1.29 is 0 Å². The van der Waals surface area contributed by atoms with Gasteiger partial charge >= 0.3 is 0 Å². The second-order valence-corrected chi connectivity index (χ2v) is 5.87. The summed E-state index contributed by atoms with van der Waals surface area (Å²) in [5.74, 6) is 1.68. The summed E-state index contributed by atoms with van der Waals surface area (Å²) in [5.41, 5.74) is 3.60. The van der Waals surface area contributed by atoms with E-state index >= 15 is 0 Å². The first-order chi connectivity index (χ1) is 7.06. The fourth-order valence-corrected chi connectivity index (χ4v) is 3.83. The highest BCUT2D eigenvalue weighted by Crippen LogP contribution is 2.57. The average molecular weight is 204 g/mol. The molecule has 0 aromatic heterocycles. The van der Waals surface area contributed by atoms with Crippen LogP contribution in [0.15, 0.2) is 23.8 Å². The summed E-state index contributed by atoms with van der Waals surface area (Å²) < 4.78 is 0. The molecule has 0 N–H and O–H groups in total. The molecule has 0 radical (unpaired) electrons. The quantitative estimate of drug-likeness (QED) is 0.542. The van der Waals surface area contributed by atoms with Crippen molar-refractivity contribution in [3.63, 3.8) is 0 Å². The largest absolute Gasteiger partial charge is 0.0998 e. The van der Waals surface area contributed by atoms with Crippen LogP contribution >= 0.6 is 0 Å². The Morgan fingerprint density at radius 1 is 1.47 bits per heavy atom. The van der Waals surface area contributed by atoms with Crippen LogP contribution in [0.1, 0.15) is 52.9 Å². The zero-order valence-electron chi connectivity index (χ0n) is 10.5. The van der Waals surface area contributed by atoms with Crippen molar-refractivity contribution >= 4 is 0 Å². The molecule has 0 aliphatic heterocycles. The first-order valence-corrected chi connectivity index (χ1v) is 6.37. The third kappa shape index (κ3) is 1.68. The van der Waals surface area contributed by atoms with Crippen LogP contribution in [-0.2, 0) is 0 Å². The Hall–Kier alpha value is -0.520. The molecule has 15 heavy (non-hydrogen) atoms. The number of allylic oxidation sites excluding steroid dienone is 3. The van der Waals surface area contributed by atoms with Crippen molar-refractivity contribution in [3.8, 4) is 0 Å². The molecule has 0 nitrogen and oxygen atoms in total. The molecule has 0 amide bonds. The van der Waals surface area contributed by atoms with Crippen LogP contribution < -0.4 is 0 Å². The van der Waals surface area contributed by atoms with E-state index < -0.39 is 0 Å². The minimum atomic E-state index is 0.575. The number of rotatable bonds is 1. The van der Waals surface area contributed by atoms with Gasteiger partial charge in [-0.1, -0.05) is 30.7 Å². The minimum absolute atomic E-state index is 0.575. The Morgan fingerprint density at radius 3 is 2.73 bits per heavy atom. The van der Waals surface area contributed by atoms with Crippen LogP contribution in [-0.4, -0.2) is 0 Å². The van der Waals surface area contributed by atoms with Crippen molar-refractivity contribution in [1.82, 2.24) is 0 Å². The molecular formula is C15H24. The lowest BCUT2D eigenvalue weighted by molar-refractivity contribution is 0.142. The van der Waals surface area contributed by atoms with Gasteiger partial charge in [0.25, 0.3) is 0 Å². The second-order valence-electron chi connectivity index (χ2n) is 5.87. The summed E-state index contributed by atoms with van der Waals surface area (Å²) in [6, 6.07) is 0. The van der Waals surface area contributed by atoms with Gasteiger partial charge in [-0.05, 0) is 63.2 Å². The fraction of sp³-hybridized carbons (Fsp3) is 0.733. The molecule has 2 aliphatic carbocycles. The fourth-order valence-electron chi connectivity index (χ4n) is 3.83. The lowest BCUT2D eigenvalue weighted by atomic mass is 9.63. The molecule has 0 heterocycles. The number of hydrogen-bond donors (Lipinski definition) is 0. The predicted molar refractivity (Wildman–Crippen MR) is 66.7 cm³/mol. The molecule has 0 heteroatoms. The van der Waals surface area contributed by atoms with Crippen LogP contribution in [0, 0.1) is 17.3 Å². The maximum atomic E-state index is 4.22. The molecule has 2 rings (SSSR count). The Balaban J connectivity index is 2.27. The van der Waals surface area contributed by atoms with Gasteiger partial charge in [0, 0.05) is 0 Å². The molecule has 1 saturated carbocycles. The van der Waals surface area contributed by atoms with Gasteiger partial charge in [0.1, 0.15) is 0 Å². The van der Waals surface area contributed by atoms with Crippen LogP contribution in [0.3, 0.4) is 0 Å². The van der Waals surface area contributed by atoms with E-state index in [1.807, 2.05) is 0 Å². The predicted octanol–water partition coefficient (Wildman–Crippen LogP) is 4.73. The average Bonchev–Trinajstić information content (AvgIpc) is 2.50.